The van der Waals surface area contributed by atoms with Gasteiger partial charge in [-0.1, -0.05) is 60.1 Å². The second-order valence-electron chi connectivity index (χ2n) is 23.2. The third-order valence-corrected chi connectivity index (χ3v) is 19.2. The van der Waals surface area contributed by atoms with Crippen LogP contribution in [0.25, 0.3) is 0 Å². The van der Waals surface area contributed by atoms with E-state index in [-0.39, 0.29) is 33.5 Å². The van der Waals surface area contributed by atoms with E-state index in [1.54, 1.807) is 0 Å². The number of carboxylic acids is 1. The number of hydrogen-bond acceptors (Lipinski definition) is 17. The van der Waals surface area contributed by atoms with Crippen LogP contribution >= 0.6 is 0 Å². The first-order chi connectivity index (χ1) is 30.9. The van der Waals surface area contributed by atoms with Gasteiger partial charge in [0.1, 0.15) is 61.0 Å². The van der Waals surface area contributed by atoms with E-state index in [1.807, 2.05) is 0 Å². The summed E-state index contributed by atoms with van der Waals surface area (Å²) in [5.41, 5.74) is -0.273. The zero-order chi connectivity index (χ0) is 48.3. The molecule has 8 aliphatic rings. The minimum Gasteiger partial charge on any atom is -0.481 e. The summed E-state index contributed by atoms with van der Waals surface area (Å²) in [4.78, 5) is 26.8. The standard InChI is InChI=1S/C48H76O18/c1-43(2)15-17-48(42(58)59)18-16-46(6)22(23(48)19-43)9-10-27-45(5)13-12-28(44(3,4)26(45)11-14-47(27,46)7)63-41-34(56)35(64-40-33(55)31(53)29(51)24(20-49)61-40)36(37(66-41)38(57)60-8)65-39-32(54)30(52)25(21-50)62-39/h9,23-37,39-41,49-56H,10-21H2,1-8H3,(H,58,59)/t23-,24+,25-,26-,27+,28-,29+,30-,31-,32+,33+,34+,35+,36-,37-,39-,40-,41+,45-,46+,47+,48-/m0/s1. The van der Waals surface area contributed by atoms with Gasteiger partial charge in [-0.05, 0) is 109 Å². The van der Waals surface area contributed by atoms with E-state index >= 15 is 0 Å². The highest BCUT2D eigenvalue weighted by Crippen LogP contribution is 2.76. The second-order valence-corrected chi connectivity index (χ2v) is 23.2. The highest BCUT2D eigenvalue weighted by molar-refractivity contribution is 5.77. The number of aliphatic carboxylic acids is 1. The summed E-state index contributed by atoms with van der Waals surface area (Å²) in [6, 6.07) is 0. The molecular formula is C48H76O18. The van der Waals surface area contributed by atoms with Crippen molar-refractivity contribution in [2.24, 2.45) is 50.2 Å². The molecule has 376 valence electrons. The van der Waals surface area contributed by atoms with Gasteiger partial charge in [0.25, 0.3) is 0 Å². The molecule has 0 aromatic rings. The zero-order valence-corrected chi connectivity index (χ0v) is 39.7. The Labute approximate surface area is 386 Å². The third-order valence-electron chi connectivity index (χ3n) is 19.2. The summed E-state index contributed by atoms with van der Waals surface area (Å²) in [5, 5.41) is 96.2. The summed E-state index contributed by atoms with van der Waals surface area (Å²) in [6.45, 7) is 14.7. The molecule has 0 aromatic carbocycles. The van der Waals surface area contributed by atoms with E-state index < -0.39 is 128 Å². The van der Waals surface area contributed by atoms with E-state index in [4.69, 9.17) is 33.2 Å². The lowest BCUT2D eigenvalue weighted by Crippen LogP contribution is -2.68. The maximum Gasteiger partial charge on any atom is 0.337 e. The van der Waals surface area contributed by atoms with Crippen molar-refractivity contribution in [3.63, 3.8) is 0 Å². The lowest BCUT2D eigenvalue weighted by atomic mass is 9.33. The van der Waals surface area contributed by atoms with E-state index in [1.165, 1.54) is 5.57 Å². The fourth-order valence-corrected chi connectivity index (χ4v) is 15.0. The first-order valence-electron chi connectivity index (χ1n) is 24.1. The highest BCUT2D eigenvalue weighted by atomic mass is 16.8. The number of hydrogen-bond donors (Lipinski definition) is 9. The molecule has 9 N–H and O–H groups in total. The van der Waals surface area contributed by atoms with E-state index in [0.717, 1.165) is 52.1 Å². The molecule has 0 unspecified atom stereocenters. The van der Waals surface area contributed by atoms with Gasteiger partial charge >= 0.3 is 11.9 Å². The Morgan fingerprint density at radius 1 is 0.667 bits per heavy atom. The van der Waals surface area contributed by atoms with Crippen LogP contribution in [0.5, 0.6) is 0 Å². The Morgan fingerprint density at radius 2 is 1.24 bits per heavy atom. The van der Waals surface area contributed by atoms with Crippen LogP contribution < -0.4 is 0 Å². The van der Waals surface area contributed by atoms with Crippen LogP contribution in [0.1, 0.15) is 113 Å². The summed E-state index contributed by atoms with van der Waals surface area (Å²) in [7, 11) is 1.10. The molecule has 18 heteroatoms. The Balaban J connectivity index is 1.07. The third kappa shape index (κ3) is 7.74. The maximum atomic E-state index is 13.6. The topological polar surface area (TPSA) is 281 Å². The Bertz CT molecular complexity index is 1840. The number of rotatable bonds is 10. The van der Waals surface area contributed by atoms with Gasteiger partial charge in [0.05, 0.1) is 31.8 Å². The minimum atomic E-state index is -1.92. The summed E-state index contributed by atoms with van der Waals surface area (Å²) < 4.78 is 41.6. The average Bonchev–Trinajstić information content (AvgIpc) is 3.53. The van der Waals surface area contributed by atoms with Crippen molar-refractivity contribution in [1.82, 2.24) is 0 Å². The normalized spacial score (nSPS) is 51.9. The number of ether oxygens (including phenoxy) is 7. The monoisotopic (exact) mass is 941 g/mol. The van der Waals surface area contributed by atoms with Gasteiger partial charge < -0.3 is 79.1 Å². The van der Waals surface area contributed by atoms with Crippen LogP contribution in [-0.2, 0) is 42.7 Å². The van der Waals surface area contributed by atoms with Crippen LogP contribution in [-0.4, -0.2) is 170 Å². The van der Waals surface area contributed by atoms with E-state index in [9.17, 15) is 55.5 Å². The lowest BCUT2D eigenvalue weighted by molar-refractivity contribution is -0.378. The summed E-state index contributed by atoms with van der Waals surface area (Å²) >= 11 is 0. The van der Waals surface area contributed by atoms with Crippen molar-refractivity contribution in [2.45, 2.75) is 205 Å². The van der Waals surface area contributed by atoms with Gasteiger partial charge in [0.15, 0.2) is 25.0 Å². The van der Waals surface area contributed by atoms with Crippen molar-refractivity contribution in [1.29, 1.82) is 0 Å². The van der Waals surface area contributed by atoms with Crippen LogP contribution in [0.15, 0.2) is 11.6 Å². The molecule has 4 saturated carbocycles. The number of methoxy groups -OCH3 is 1. The zero-order valence-electron chi connectivity index (χ0n) is 39.7. The first-order valence-corrected chi connectivity index (χ1v) is 24.1. The van der Waals surface area contributed by atoms with Gasteiger partial charge in [0, 0.05) is 0 Å². The SMILES string of the molecule is COC(=O)[C@H]1O[C@@H](O[C@H]2CC[C@]3(C)[C@H]4CC=C5[C@@H]6CC(C)(C)CC[C@]6(C(=O)O)CC[C@@]5(C)[C@]4(C)CC[C@H]3C2(C)C)[C@H](O)[C@@H](O[C@@H]2O[C@H](CO)[C@@H](O)[C@H](O)[C@H]2O)[C@@H]1O[C@@H]1O[C@@H](CO)[C@H](O)[C@H]1O. The van der Waals surface area contributed by atoms with Crippen molar-refractivity contribution in [3.05, 3.63) is 11.6 Å². The van der Waals surface area contributed by atoms with Crippen molar-refractivity contribution < 1.29 is 88.7 Å². The molecule has 5 aliphatic carbocycles. The van der Waals surface area contributed by atoms with E-state index in [0.29, 0.717) is 25.2 Å². The highest BCUT2D eigenvalue weighted by Gasteiger charge is 2.70. The van der Waals surface area contributed by atoms with E-state index in [2.05, 4.69) is 54.5 Å². The molecule has 0 radical (unpaired) electrons. The predicted molar refractivity (Wildman–Crippen MR) is 230 cm³/mol. The molecule has 0 spiro atoms. The molecule has 0 aromatic heterocycles. The number of carbonyl (C=O) groups excluding carboxylic acids is 1. The quantitative estimate of drug-likeness (QED) is 0.0853. The second kappa shape index (κ2) is 17.8. The molecule has 3 heterocycles. The molecule has 22 atom stereocenters. The predicted octanol–water partition coefficient (Wildman–Crippen LogP) is 1.53. The van der Waals surface area contributed by atoms with Crippen molar-refractivity contribution in [2.75, 3.05) is 20.3 Å². The van der Waals surface area contributed by atoms with Gasteiger partial charge in [-0.15, -0.1) is 0 Å². The van der Waals surface area contributed by atoms with Gasteiger partial charge in [-0.25, -0.2) is 4.79 Å². The number of aliphatic hydroxyl groups excluding tert-OH is 8. The van der Waals surface area contributed by atoms with Crippen LogP contribution in [0.3, 0.4) is 0 Å². The molecule has 3 saturated heterocycles. The Morgan fingerprint density at radius 3 is 1.85 bits per heavy atom. The largest absolute Gasteiger partial charge is 0.481 e. The fraction of sp³-hybridized carbons (Fsp3) is 0.917. The Hall–Kier alpha value is -1.88. The molecule has 0 amide bonds. The van der Waals surface area contributed by atoms with Crippen molar-refractivity contribution >= 4 is 11.9 Å². The first kappa shape index (κ1) is 50.5. The number of carboxylic acid groups (broad SMARTS) is 1. The van der Waals surface area contributed by atoms with Crippen LogP contribution in [0, 0.1) is 50.2 Å². The number of fused-ring (bicyclic) bond motifs is 7. The Kier molecular flexibility index (Phi) is 13.6. The molecular weight excluding hydrogens is 865 g/mol. The summed E-state index contributed by atoms with van der Waals surface area (Å²) in [6.07, 6.45) is -13.8. The van der Waals surface area contributed by atoms with Gasteiger partial charge in [-0.2, -0.15) is 0 Å². The number of carbonyl (C=O) groups is 2. The molecule has 0 bridgehead atoms. The molecule has 18 nitrogen and oxygen atoms in total. The number of esters is 1. The molecule has 66 heavy (non-hydrogen) atoms. The lowest BCUT2D eigenvalue weighted by Gasteiger charge is -2.71. The number of aliphatic hydroxyl groups is 8. The minimum absolute atomic E-state index is 0.00422. The average molecular weight is 941 g/mol. The smallest absolute Gasteiger partial charge is 0.337 e. The number of allylic oxidation sites excluding steroid dienone is 2. The van der Waals surface area contributed by atoms with Crippen LogP contribution in [0.2, 0.25) is 0 Å². The fourth-order valence-electron chi connectivity index (χ4n) is 15.0. The summed E-state index contributed by atoms with van der Waals surface area (Å²) in [5.74, 6) is -1.24. The molecule has 8 rings (SSSR count). The van der Waals surface area contributed by atoms with Crippen LogP contribution in [0.4, 0.5) is 0 Å². The van der Waals surface area contributed by atoms with Gasteiger partial charge in [0.2, 0.25) is 0 Å². The molecule has 7 fully saturated rings. The van der Waals surface area contributed by atoms with Crippen molar-refractivity contribution in [3.8, 4) is 0 Å². The maximum absolute atomic E-state index is 13.6. The van der Waals surface area contributed by atoms with Gasteiger partial charge in [-0.3, -0.25) is 4.79 Å². The molecule has 3 aliphatic heterocycles.